The lowest BCUT2D eigenvalue weighted by Gasteiger charge is -2.27. The summed E-state index contributed by atoms with van der Waals surface area (Å²) in [6.45, 7) is 6.85. The van der Waals surface area contributed by atoms with E-state index in [2.05, 4.69) is 5.32 Å². The first-order chi connectivity index (χ1) is 9.11. The van der Waals surface area contributed by atoms with E-state index in [-0.39, 0.29) is 5.91 Å². The Morgan fingerprint density at radius 3 is 2.26 bits per heavy atom. The van der Waals surface area contributed by atoms with Gasteiger partial charge in [-0.2, -0.15) is 0 Å². The molecular weight excluding hydrogens is 240 g/mol. The topological polar surface area (TPSA) is 52.6 Å². The van der Waals surface area contributed by atoms with Crippen molar-refractivity contribution >= 4 is 5.91 Å². The highest BCUT2D eigenvalue weighted by molar-refractivity contribution is 5.76. The van der Waals surface area contributed by atoms with Crippen LogP contribution in [0.4, 0.5) is 0 Å². The van der Waals surface area contributed by atoms with E-state index in [0.717, 1.165) is 38.8 Å². The smallest absolute Gasteiger partial charge is 0.223 e. The van der Waals surface area contributed by atoms with Crippen LogP contribution >= 0.6 is 0 Å². The molecule has 0 aromatic heterocycles. The number of nitrogens with zero attached hydrogens (tertiary/aromatic N) is 1. The van der Waals surface area contributed by atoms with E-state index in [4.69, 9.17) is 0 Å². The van der Waals surface area contributed by atoms with E-state index >= 15 is 0 Å². The Labute approximate surface area is 117 Å². The molecule has 0 bridgehead atoms. The van der Waals surface area contributed by atoms with Gasteiger partial charge in [0.15, 0.2) is 0 Å². The Balaban J connectivity index is 2.20. The van der Waals surface area contributed by atoms with Crippen LogP contribution in [-0.4, -0.2) is 47.7 Å². The summed E-state index contributed by atoms with van der Waals surface area (Å²) in [7, 11) is 0. The number of carbonyl (C=O) groups excluding carboxylic acids is 1. The lowest BCUT2D eigenvalue weighted by molar-refractivity contribution is -0.130. The summed E-state index contributed by atoms with van der Waals surface area (Å²) in [5.41, 5.74) is -0.547. The third-order valence-electron chi connectivity index (χ3n) is 4.12. The van der Waals surface area contributed by atoms with Crippen LogP contribution in [0.5, 0.6) is 0 Å². The largest absolute Gasteiger partial charge is 0.389 e. The van der Waals surface area contributed by atoms with Gasteiger partial charge in [0.2, 0.25) is 5.91 Å². The SMILES string of the molecule is CCN(CC)C(=O)CCNCC1(O)CCCCCC1. The van der Waals surface area contributed by atoms with Crippen LogP contribution in [0.2, 0.25) is 0 Å². The molecule has 0 saturated heterocycles. The van der Waals surface area contributed by atoms with Gasteiger partial charge >= 0.3 is 0 Å². The van der Waals surface area contributed by atoms with Gasteiger partial charge in [0.25, 0.3) is 0 Å². The minimum absolute atomic E-state index is 0.199. The number of aliphatic hydroxyl groups is 1. The quantitative estimate of drug-likeness (QED) is 0.549. The van der Waals surface area contributed by atoms with Gasteiger partial charge in [-0.05, 0) is 26.7 Å². The molecule has 4 heteroatoms. The van der Waals surface area contributed by atoms with Gasteiger partial charge in [-0.1, -0.05) is 25.7 Å². The Morgan fingerprint density at radius 1 is 1.16 bits per heavy atom. The summed E-state index contributed by atoms with van der Waals surface area (Å²) in [5.74, 6) is 0.199. The molecule has 2 N–H and O–H groups in total. The van der Waals surface area contributed by atoms with E-state index in [1.807, 2.05) is 18.7 Å². The van der Waals surface area contributed by atoms with Crippen molar-refractivity contribution in [2.24, 2.45) is 0 Å². The zero-order valence-corrected chi connectivity index (χ0v) is 12.6. The Bertz CT molecular complexity index is 257. The maximum atomic E-state index is 11.8. The van der Waals surface area contributed by atoms with Crippen LogP contribution in [0, 0.1) is 0 Å². The molecule has 0 spiro atoms. The van der Waals surface area contributed by atoms with Crippen molar-refractivity contribution in [2.45, 2.75) is 64.4 Å². The van der Waals surface area contributed by atoms with Gasteiger partial charge in [0.1, 0.15) is 0 Å². The zero-order valence-electron chi connectivity index (χ0n) is 12.6. The molecule has 4 nitrogen and oxygen atoms in total. The molecule has 0 radical (unpaired) electrons. The summed E-state index contributed by atoms with van der Waals surface area (Å²) in [6, 6.07) is 0. The summed E-state index contributed by atoms with van der Waals surface area (Å²) in [5, 5.41) is 13.7. The monoisotopic (exact) mass is 270 g/mol. The van der Waals surface area contributed by atoms with Crippen LogP contribution in [0.3, 0.4) is 0 Å². The molecule has 1 fully saturated rings. The van der Waals surface area contributed by atoms with Crippen LogP contribution in [0.1, 0.15) is 58.8 Å². The van der Waals surface area contributed by atoms with E-state index in [0.29, 0.717) is 19.5 Å². The van der Waals surface area contributed by atoms with E-state index in [9.17, 15) is 9.90 Å². The molecule has 1 amide bonds. The van der Waals surface area contributed by atoms with Gasteiger partial charge in [0, 0.05) is 32.6 Å². The van der Waals surface area contributed by atoms with Crippen LogP contribution in [-0.2, 0) is 4.79 Å². The van der Waals surface area contributed by atoms with Crippen LogP contribution in [0.15, 0.2) is 0 Å². The molecule has 0 atom stereocenters. The molecule has 1 aliphatic carbocycles. The molecule has 0 aromatic carbocycles. The van der Waals surface area contributed by atoms with Crippen LogP contribution in [0.25, 0.3) is 0 Å². The third-order valence-corrected chi connectivity index (χ3v) is 4.12. The predicted molar refractivity (Wildman–Crippen MR) is 78.1 cm³/mol. The lowest BCUT2D eigenvalue weighted by Crippen LogP contribution is -2.41. The Kier molecular flexibility index (Phi) is 7.39. The molecule has 0 aromatic rings. The Hall–Kier alpha value is -0.610. The fourth-order valence-corrected chi connectivity index (χ4v) is 2.81. The first-order valence-electron chi connectivity index (χ1n) is 7.82. The van der Waals surface area contributed by atoms with Crippen molar-refractivity contribution in [3.05, 3.63) is 0 Å². The minimum atomic E-state index is -0.547. The number of hydrogen-bond acceptors (Lipinski definition) is 3. The second-order valence-electron chi connectivity index (χ2n) is 5.63. The second kappa shape index (κ2) is 8.54. The van der Waals surface area contributed by atoms with Gasteiger partial charge in [0.05, 0.1) is 5.60 Å². The van der Waals surface area contributed by atoms with E-state index < -0.39 is 5.60 Å². The molecule has 112 valence electrons. The van der Waals surface area contributed by atoms with Crippen molar-refractivity contribution < 1.29 is 9.90 Å². The van der Waals surface area contributed by atoms with Crippen molar-refractivity contribution in [3.8, 4) is 0 Å². The highest BCUT2D eigenvalue weighted by Crippen LogP contribution is 2.26. The summed E-state index contributed by atoms with van der Waals surface area (Å²) < 4.78 is 0. The van der Waals surface area contributed by atoms with Crippen molar-refractivity contribution in [1.29, 1.82) is 0 Å². The average Bonchev–Trinajstić information content (AvgIpc) is 2.61. The minimum Gasteiger partial charge on any atom is -0.389 e. The second-order valence-corrected chi connectivity index (χ2v) is 5.63. The molecule has 1 saturated carbocycles. The first-order valence-corrected chi connectivity index (χ1v) is 7.82. The summed E-state index contributed by atoms with van der Waals surface area (Å²) >= 11 is 0. The predicted octanol–water partition coefficient (Wildman–Crippen LogP) is 1.92. The maximum Gasteiger partial charge on any atom is 0.223 e. The number of nitrogens with one attached hydrogen (secondary N) is 1. The maximum absolute atomic E-state index is 11.8. The first kappa shape index (κ1) is 16.4. The molecule has 0 heterocycles. The molecule has 0 unspecified atom stereocenters. The molecule has 1 rings (SSSR count). The molecule has 1 aliphatic rings. The lowest BCUT2D eigenvalue weighted by atomic mass is 9.94. The Morgan fingerprint density at radius 2 is 1.74 bits per heavy atom. The van der Waals surface area contributed by atoms with E-state index in [1.165, 1.54) is 12.8 Å². The third kappa shape index (κ3) is 5.91. The number of carbonyl (C=O) groups is 1. The molecule has 0 aliphatic heterocycles. The fraction of sp³-hybridized carbons (Fsp3) is 0.933. The molecular formula is C15H30N2O2. The fourth-order valence-electron chi connectivity index (χ4n) is 2.81. The van der Waals surface area contributed by atoms with Crippen LogP contribution < -0.4 is 5.32 Å². The summed E-state index contributed by atoms with van der Waals surface area (Å²) in [6.07, 6.45) is 7.03. The zero-order chi connectivity index (χ0) is 14.1. The molecule has 19 heavy (non-hydrogen) atoms. The number of hydrogen-bond donors (Lipinski definition) is 2. The van der Waals surface area contributed by atoms with Gasteiger partial charge in [-0.15, -0.1) is 0 Å². The van der Waals surface area contributed by atoms with Crippen molar-refractivity contribution in [3.63, 3.8) is 0 Å². The summed E-state index contributed by atoms with van der Waals surface area (Å²) in [4.78, 5) is 13.7. The van der Waals surface area contributed by atoms with E-state index in [1.54, 1.807) is 0 Å². The highest BCUT2D eigenvalue weighted by Gasteiger charge is 2.27. The van der Waals surface area contributed by atoms with Crippen molar-refractivity contribution in [1.82, 2.24) is 10.2 Å². The van der Waals surface area contributed by atoms with Crippen molar-refractivity contribution in [2.75, 3.05) is 26.2 Å². The average molecular weight is 270 g/mol. The van der Waals surface area contributed by atoms with Gasteiger partial charge in [-0.3, -0.25) is 4.79 Å². The standard InChI is InChI=1S/C15H30N2O2/c1-3-17(4-2)14(18)9-12-16-13-15(19)10-7-5-6-8-11-15/h16,19H,3-13H2,1-2H3. The number of amides is 1. The highest BCUT2D eigenvalue weighted by atomic mass is 16.3. The van der Waals surface area contributed by atoms with Gasteiger partial charge < -0.3 is 15.3 Å². The number of rotatable bonds is 7. The normalized spacial score (nSPS) is 18.9. The van der Waals surface area contributed by atoms with Gasteiger partial charge in [-0.25, -0.2) is 0 Å².